The standard InChI is InChI=1S/C13H18O2.Li.Na.2H/c1-3-4-10-13(2,12(14)15)11-8-6-5-7-9-11;;;;/h5-9H,3-4,10H2,1-2H3,(H,14,15);;;;. The Labute approximate surface area is 138 Å². The van der Waals surface area contributed by atoms with E-state index in [4.69, 9.17) is 0 Å². The van der Waals surface area contributed by atoms with Crippen LogP contribution in [0.3, 0.4) is 0 Å². The van der Waals surface area contributed by atoms with Crippen molar-refractivity contribution < 1.29 is 9.90 Å². The molecular weight excluding hydrogens is 218 g/mol. The van der Waals surface area contributed by atoms with Crippen molar-refractivity contribution in [1.82, 2.24) is 0 Å². The van der Waals surface area contributed by atoms with E-state index in [0.29, 0.717) is 6.42 Å². The molecular formula is C13H20LiNaO2. The summed E-state index contributed by atoms with van der Waals surface area (Å²) in [6.45, 7) is 3.88. The van der Waals surface area contributed by atoms with E-state index in [0.717, 1.165) is 18.4 Å². The van der Waals surface area contributed by atoms with Crippen molar-refractivity contribution in [2.24, 2.45) is 0 Å². The average molecular weight is 238 g/mol. The van der Waals surface area contributed by atoms with Gasteiger partial charge in [0.15, 0.2) is 0 Å². The predicted octanol–water partition coefficient (Wildman–Crippen LogP) is 1.92. The summed E-state index contributed by atoms with van der Waals surface area (Å²) >= 11 is 0. The number of rotatable bonds is 5. The molecule has 1 rings (SSSR count). The minimum absolute atomic E-state index is 0. The fourth-order valence-corrected chi connectivity index (χ4v) is 1.71. The maximum absolute atomic E-state index is 11.3. The normalized spacial score (nSPS) is 12.8. The molecule has 0 aliphatic rings. The Morgan fingerprint density at radius 3 is 2.24 bits per heavy atom. The van der Waals surface area contributed by atoms with Gasteiger partial charge in [-0.15, -0.1) is 0 Å². The molecule has 0 heterocycles. The number of hydrogen-bond acceptors (Lipinski definition) is 1. The van der Waals surface area contributed by atoms with Gasteiger partial charge in [-0.2, -0.15) is 0 Å². The molecule has 0 saturated heterocycles. The Morgan fingerprint density at radius 2 is 1.82 bits per heavy atom. The Bertz CT molecular complexity index is 329. The quantitative estimate of drug-likeness (QED) is 0.796. The molecule has 1 atom stereocenters. The number of benzene rings is 1. The van der Waals surface area contributed by atoms with Gasteiger partial charge in [0.25, 0.3) is 0 Å². The number of hydrogen-bond donors (Lipinski definition) is 1. The van der Waals surface area contributed by atoms with Gasteiger partial charge in [-0.25, -0.2) is 0 Å². The molecule has 17 heavy (non-hydrogen) atoms. The summed E-state index contributed by atoms with van der Waals surface area (Å²) in [6, 6.07) is 9.48. The van der Waals surface area contributed by atoms with Gasteiger partial charge in [-0.3, -0.25) is 4.79 Å². The van der Waals surface area contributed by atoms with Crippen molar-refractivity contribution in [3.8, 4) is 0 Å². The van der Waals surface area contributed by atoms with Crippen molar-refractivity contribution in [3.05, 3.63) is 35.9 Å². The fraction of sp³-hybridized carbons (Fsp3) is 0.462. The molecule has 1 N–H and O–H groups in total. The summed E-state index contributed by atoms with van der Waals surface area (Å²) < 4.78 is 0. The van der Waals surface area contributed by atoms with E-state index in [2.05, 4.69) is 6.92 Å². The fourth-order valence-electron chi connectivity index (χ4n) is 1.71. The van der Waals surface area contributed by atoms with Crippen molar-refractivity contribution in [2.75, 3.05) is 0 Å². The van der Waals surface area contributed by atoms with E-state index in [1.807, 2.05) is 30.3 Å². The van der Waals surface area contributed by atoms with Crippen LogP contribution in [0.25, 0.3) is 0 Å². The molecule has 0 aliphatic heterocycles. The number of aliphatic carboxylic acids is 1. The Kier molecular flexibility index (Phi) is 10.7. The first kappa shape index (κ1) is 19.6. The zero-order valence-electron chi connectivity index (χ0n) is 9.36. The molecule has 0 spiro atoms. The van der Waals surface area contributed by atoms with Crippen LogP contribution < -0.4 is 0 Å². The molecule has 0 saturated carbocycles. The second-order valence-electron chi connectivity index (χ2n) is 4.11. The predicted molar refractivity (Wildman–Crippen MR) is 75.3 cm³/mol. The van der Waals surface area contributed by atoms with Crippen LogP contribution in [0, 0.1) is 0 Å². The summed E-state index contributed by atoms with van der Waals surface area (Å²) in [4.78, 5) is 11.3. The van der Waals surface area contributed by atoms with E-state index >= 15 is 0 Å². The molecule has 1 unspecified atom stereocenters. The number of carboxylic acids is 1. The summed E-state index contributed by atoms with van der Waals surface area (Å²) in [5.74, 6) is -0.734. The van der Waals surface area contributed by atoms with Crippen LogP contribution in [0.15, 0.2) is 30.3 Å². The summed E-state index contributed by atoms with van der Waals surface area (Å²) in [5.41, 5.74) is 0.156. The monoisotopic (exact) mass is 238 g/mol. The molecule has 0 bridgehead atoms. The molecule has 86 valence electrons. The van der Waals surface area contributed by atoms with Crippen LogP contribution in [0.1, 0.15) is 38.7 Å². The van der Waals surface area contributed by atoms with Crippen molar-refractivity contribution in [3.63, 3.8) is 0 Å². The third-order valence-corrected chi connectivity index (χ3v) is 2.91. The van der Waals surface area contributed by atoms with Crippen LogP contribution >= 0.6 is 0 Å². The van der Waals surface area contributed by atoms with E-state index in [1.165, 1.54) is 0 Å². The third-order valence-electron chi connectivity index (χ3n) is 2.91. The minimum atomic E-state index is -0.739. The zero-order chi connectivity index (χ0) is 11.3. The van der Waals surface area contributed by atoms with Gasteiger partial charge in [-0.05, 0) is 18.9 Å². The maximum atomic E-state index is 11.3. The van der Waals surface area contributed by atoms with E-state index in [1.54, 1.807) is 6.92 Å². The SMILES string of the molecule is CCCCC(C)(C(=O)O)c1ccccc1.[LiH].[NaH]. The van der Waals surface area contributed by atoms with Crippen LogP contribution in [0.5, 0.6) is 0 Å². The van der Waals surface area contributed by atoms with Gasteiger partial charge in [-0.1, -0.05) is 50.1 Å². The third kappa shape index (κ3) is 5.20. The van der Waals surface area contributed by atoms with Gasteiger partial charge in [0.2, 0.25) is 0 Å². The van der Waals surface area contributed by atoms with Gasteiger partial charge >= 0.3 is 54.4 Å². The number of unbranched alkanes of at least 4 members (excludes halogenated alkanes) is 1. The first-order valence-corrected chi connectivity index (χ1v) is 5.40. The van der Waals surface area contributed by atoms with E-state index in [-0.39, 0.29) is 48.4 Å². The second kappa shape index (κ2) is 9.25. The molecule has 1 aromatic carbocycles. The molecule has 2 nitrogen and oxygen atoms in total. The van der Waals surface area contributed by atoms with Crippen molar-refractivity contribution in [2.45, 2.75) is 38.5 Å². The van der Waals surface area contributed by atoms with Crippen LogP contribution in [-0.4, -0.2) is 59.5 Å². The molecule has 1 aromatic rings. The second-order valence-corrected chi connectivity index (χ2v) is 4.11. The number of carboxylic acid groups (broad SMARTS) is 1. The summed E-state index contributed by atoms with van der Waals surface area (Å²) in [5, 5.41) is 9.31. The number of carbonyl (C=O) groups is 1. The molecule has 4 heteroatoms. The topological polar surface area (TPSA) is 37.3 Å². The van der Waals surface area contributed by atoms with Crippen LogP contribution in [0.2, 0.25) is 0 Å². The van der Waals surface area contributed by atoms with Gasteiger partial charge in [0, 0.05) is 0 Å². The molecule has 0 aromatic heterocycles. The molecule has 0 amide bonds. The first-order chi connectivity index (χ1) is 7.11. The van der Waals surface area contributed by atoms with E-state index in [9.17, 15) is 9.90 Å². The Balaban J connectivity index is 0. The van der Waals surface area contributed by atoms with Crippen LogP contribution in [-0.2, 0) is 10.2 Å². The van der Waals surface area contributed by atoms with Crippen molar-refractivity contribution >= 4 is 54.4 Å². The zero-order valence-corrected chi connectivity index (χ0v) is 9.36. The average Bonchev–Trinajstić information content (AvgIpc) is 2.27. The van der Waals surface area contributed by atoms with Gasteiger partial charge < -0.3 is 5.11 Å². The summed E-state index contributed by atoms with van der Waals surface area (Å²) in [6.07, 6.45) is 2.66. The van der Waals surface area contributed by atoms with E-state index < -0.39 is 11.4 Å². The Hall–Kier alpha value is 0.287. The molecule has 0 fully saturated rings. The molecule has 0 aliphatic carbocycles. The van der Waals surface area contributed by atoms with Gasteiger partial charge in [0.1, 0.15) is 0 Å². The molecule has 0 radical (unpaired) electrons. The van der Waals surface area contributed by atoms with Crippen LogP contribution in [0.4, 0.5) is 0 Å². The van der Waals surface area contributed by atoms with Gasteiger partial charge in [0.05, 0.1) is 5.41 Å². The van der Waals surface area contributed by atoms with Crippen molar-refractivity contribution in [1.29, 1.82) is 0 Å². The summed E-state index contributed by atoms with van der Waals surface area (Å²) in [7, 11) is 0. The first-order valence-electron chi connectivity index (χ1n) is 5.40. The Morgan fingerprint density at radius 1 is 1.29 bits per heavy atom.